The van der Waals surface area contributed by atoms with Crippen LogP contribution < -0.4 is 27.0 Å². The highest BCUT2D eigenvalue weighted by Gasteiger charge is 2.08. The van der Waals surface area contributed by atoms with E-state index in [0.717, 1.165) is 29.3 Å². The molecule has 8 heteroatoms. The van der Waals surface area contributed by atoms with Crippen molar-refractivity contribution in [3.8, 4) is 0 Å². The molecular formula is C20H22N8. The second-order valence-corrected chi connectivity index (χ2v) is 6.35. The summed E-state index contributed by atoms with van der Waals surface area (Å²) in [5, 5.41) is 12.8. The number of nitrogen functional groups attached to an aromatic ring is 1. The van der Waals surface area contributed by atoms with Gasteiger partial charge in [0, 0.05) is 25.8 Å². The van der Waals surface area contributed by atoms with E-state index in [0.29, 0.717) is 24.0 Å². The van der Waals surface area contributed by atoms with Crippen molar-refractivity contribution in [1.82, 2.24) is 15.0 Å². The van der Waals surface area contributed by atoms with Gasteiger partial charge in [0.1, 0.15) is 5.82 Å². The molecule has 0 saturated carbocycles. The SMILES string of the molecule is CNc1ccc(Nc2cnc(N)c(NCc3ccc4c(c3)C=CCN4)n2)cn1. The van der Waals surface area contributed by atoms with Crippen molar-refractivity contribution in [2.24, 2.45) is 0 Å². The Kier molecular flexibility index (Phi) is 4.92. The Morgan fingerprint density at radius 1 is 1.11 bits per heavy atom. The standard InChI is InChI=1S/C20H22N8/c1-22-17-7-5-15(11-24-17)27-18-12-25-19(21)20(28-18)26-10-13-4-6-16-14(9-13)3-2-8-23-16/h2-7,9,11-12,23H,8,10H2,1H3,(H2,21,25)(H,22,24)(H2,26,27,28). The van der Waals surface area contributed by atoms with Crippen LogP contribution in [0.25, 0.3) is 6.08 Å². The van der Waals surface area contributed by atoms with Crippen LogP contribution in [0, 0.1) is 0 Å². The van der Waals surface area contributed by atoms with E-state index < -0.39 is 0 Å². The molecule has 0 spiro atoms. The minimum absolute atomic E-state index is 0.355. The summed E-state index contributed by atoms with van der Waals surface area (Å²) in [6, 6.07) is 10.1. The highest BCUT2D eigenvalue weighted by molar-refractivity contribution is 5.71. The van der Waals surface area contributed by atoms with Crippen LogP contribution in [0.3, 0.4) is 0 Å². The van der Waals surface area contributed by atoms with Gasteiger partial charge in [0.25, 0.3) is 0 Å². The van der Waals surface area contributed by atoms with Gasteiger partial charge in [-0.25, -0.2) is 15.0 Å². The summed E-state index contributed by atoms with van der Waals surface area (Å²) in [4.78, 5) is 13.0. The monoisotopic (exact) mass is 374 g/mol. The third-order valence-corrected chi connectivity index (χ3v) is 4.38. The minimum Gasteiger partial charge on any atom is -0.381 e. The van der Waals surface area contributed by atoms with Gasteiger partial charge in [-0.2, -0.15) is 0 Å². The third-order valence-electron chi connectivity index (χ3n) is 4.38. The van der Waals surface area contributed by atoms with Gasteiger partial charge in [0.05, 0.1) is 18.1 Å². The Balaban J connectivity index is 1.46. The first-order chi connectivity index (χ1) is 13.7. The molecule has 142 valence electrons. The third kappa shape index (κ3) is 3.96. The smallest absolute Gasteiger partial charge is 0.171 e. The van der Waals surface area contributed by atoms with E-state index in [9.17, 15) is 0 Å². The molecule has 0 amide bonds. The fourth-order valence-corrected chi connectivity index (χ4v) is 2.91. The number of hydrogen-bond acceptors (Lipinski definition) is 8. The Morgan fingerprint density at radius 2 is 2.04 bits per heavy atom. The maximum absolute atomic E-state index is 5.99. The van der Waals surface area contributed by atoms with Crippen LogP contribution >= 0.6 is 0 Å². The highest BCUT2D eigenvalue weighted by atomic mass is 15.1. The van der Waals surface area contributed by atoms with E-state index in [-0.39, 0.29) is 0 Å². The molecule has 0 radical (unpaired) electrons. The normalized spacial score (nSPS) is 12.0. The predicted molar refractivity (Wildman–Crippen MR) is 115 cm³/mol. The van der Waals surface area contributed by atoms with Crippen LogP contribution in [0.4, 0.5) is 34.6 Å². The molecule has 3 aromatic rings. The van der Waals surface area contributed by atoms with Gasteiger partial charge in [-0.05, 0) is 35.4 Å². The van der Waals surface area contributed by atoms with Crippen molar-refractivity contribution in [2.75, 3.05) is 40.6 Å². The zero-order valence-corrected chi connectivity index (χ0v) is 15.5. The average molecular weight is 374 g/mol. The molecule has 2 aromatic heterocycles. The van der Waals surface area contributed by atoms with Crippen LogP contribution in [-0.4, -0.2) is 28.5 Å². The zero-order valence-electron chi connectivity index (χ0n) is 15.5. The van der Waals surface area contributed by atoms with Gasteiger partial charge < -0.3 is 27.0 Å². The molecule has 1 aliphatic heterocycles. The number of pyridine rings is 1. The van der Waals surface area contributed by atoms with Gasteiger partial charge in [0.2, 0.25) is 0 Å². The summed E-state index contributed by atoms with van der Waals surface area (Å²) in [6.45, 7) is 1.46. The van der Waals surface area contributed by atoms with E-state index in [4.69, 9.17) is 5.73 Å². The van der Waals surface area contributed by atoms with E-state index >= 15 is 0 Å². The van der Waals surface area contributed by atoms with E-state index in [1.54, 1.807) is 12.4 Å². The first-order valence-electron chi connectivity index (χ1n) is 9.02. The van der Waals surface area contributed by atoms with Crippen molar-refractivity contribution in [3.05, 3.63) is 59.9 Å². The van der Waals surface area contributed by atoms with Crippen LogP contribution in [0.15, 0.2) is 48.8 Å². The molecule has 0 saturated heterocycles. The molecule has 0 aliphatic carbocycles. The molecular weight excluding hydrogens is 352 g/mol. The number of aromatic nitrogens is 3. The lowest BCUT2D eigenvalue weighted by Gasteiger charge is -2.15. The van der Waals surface area contributed by atoms with Gasteiger partial charge in [-0.3, -0.25) is 0 Å². The van der Waals surface area contributed by atoms with Crippen LogP contribution in [0.2, 0.25) is 0 Å². The number of nitrogens with zero attached hydrogens (tertiary/aromatic N) is 3. The Labute approximate surface area is 163 Å². The number of nitrogens with one attached hydrogen (secondary N) is 4. The second-order valence-electron chi connectivity index (χ2n) is 6.35. The molecule has 4 rings (SSSR count). The first kappa shape index (κ1) is 17.6. The molecule has 0 unspecified atom stereocenters. The zero-order chi connectivity index (χ0) is 19.3. The fraction of sp³-hybridized carbons (Fsp3) is 0.150. The largest absolute Gasteiger partial charge is 0.381 e. The number of benzene rings is 1. The highest BCUT2D eigenvalue weighted by Crippen LogP contribution is 2.23. The second kappa shape index (κ2) is 7.83. The van der Waals surface area contributed by atoms with Crippen molar-refractivity contribution in [2.45, 2.75) is 6.54 Å². The van der Waals surface area contributed by atoms with Crippen LogP contribution in [-0.2, 0) is 6.54 Å². The summed E-state index contributed by atoms with van der Waals surface area (Å²) in [5.41, 5.74) is 10.3. The summed E-state index contributed by atoms with van der Waals surface area (Å²) in [6.07, 6.45) is 7.56. The Bertz CT molecular complexity index is 998. The van der Waals surface area contributed by atoms with E-state index in [1.165, 1.54) is 5.56 Å². The Hall–Kier alpha value is -3.81. The van der Waals surface area contributed by atoms with Crippen molar-refractivity contribution < 1.29 is 0 Å². The summed E-state index contributed by atoms with van der Waals surface area (Å²) in [5.74, 6) is 2.28. The summed E-state index contributed by atoms with van der Waals surface area (Å²) >= 11 is 0. The van der Waals surface area contributed by atoms with Gasteiger partial charge in [-0.15, -0.1) is 0 Å². The van der Waals surface area contributed by atoms with E-state index in [2.05, 4.69) is 66.6 Å². The molecule has 8 nitrogen and oxygen atoms in total. The average Bonchev–Trinajstić information content (AvgIpc) is 2.74. The molecule has 1 aromatic carbocycles. The topological polar surface area (TPSA) is 113 Å². The first-order valence-corrected chi connectivity index (χ1v) is 9.02. The number of hydrogen-bond donors (Lipinski definition) is 5. The molecule has 28 heavy (non-hydrogen) atoms. The van der Waals surface area contributed by atoms with Gasteiger partial charge in [0.15, 0.2) is 17.5 Å². The Morgan fingerprint density at radius 3 is 2.86 bits per heavy atom. The van der Waals surface area contributed by atoms with E-state index in [1.807, 2.05) is 19.2 Å². The number of fused-ring (bicyclic) bond motifs is 1. The molecule has 0 bridgehead atoms. The van der Waals surface area contributed by atoms with Gasteiger partial charge in [-0.1, -0.05) is 18.2 Å². The minimum atomic E-state index is 0.355. The lowest BCUT2D eigenvalue weighted by atomic mass is 10.1. The summed E-state index contributed by atoms with van der Waals surface area (Å²) < 4.78 is 0. The molecule has 0 atom stereocenters. The molecule has 6 N–H and O–H groups in total. The quantitative estimate of drug-likeness (QED) is 0.447. The molecule has 0 fully saturated rings. The number of nitrogens with two attached hydrogens (primary N) is 1. The predicted octanol–water partition coefficient (Wildman–Crippen LogP) is 3.29. The van der Waals surface area contributed by atoms with Crippen molar-refractivity contribution in [1.29, 1.82) is 0 Å². The number of anilines is 6. The van der Waals surface area contributed by atoms with Crippen LogP contribution in [0.5, 0.6) is 0 Å². The van der Waals surface area contributed by atoms with Crippen molar-refractivity contribution >= 4 is 40.7 Å². The molecule has 3 heterocycles. The fourth-order valence-electron chi connectivity index (χ4n) is 2.91. The van der Waals surface area contributed by atoms with Gasteiger partial charge >= 0.3 is 0 Å². The summed E-state index contributed by atoms with van der Waals surface area (Å²) in [7, 11) is 1.83. The maximum atomic E-state index is 5.99. The lowest BCUT2D eigenvalue weighted by Crippen LogP contribution is -2.09. The number of rotatable bonds is 6. The van der Waals surface area contributed by atoms with Crippen molar-refractivity contribution in [3.63, 3.8) is 0 Å². The van der Waals surface area contributed by atoms with Crippen LogP contribution in [0.1, 0.15) is 11.1 Å². The lowest BCUT2D eigenvalue weighted by molar-refractivity contribution is 1.09. The maximum Gasteiger partial charge on any atom is 0.171 e. The molecule has 1 aliphatic rings.